The monoisotopic (exact) mass is 460 g/mol. The van der Waals surface area contributed by atoms with Crippen LogP contribution in [0.5, 0.6) is 0 Å². The number of fused-ring (bicyclic) bond motifs is 1. The molecule has 9 heteroatoms. The molecule has 5 rings (SSSR count). The van der Waals surface area contributed by atoms with Gasteiger partial charge in [0.25, 0.3) is 5.91 Å². The molecule has 0 aliphatic carbocycles. The third-order valence-corrected chi connectivity index (χ3v) is 6.74. The minimum Gasteiger partial charge on any atom is -0.346 e. The van der Waals surface area contributed by atoms with Crippen molar-refractivity contribution in [3.05, 3.63) is 70.3 Å². The number of amides is 1. The Balaban J connectivity index is 1.44. The number of aromatic nitrogens is 5. The Morgan fingerprint density at radius 2 is 1.97 bits per heavy atom. The Morgan fingerprint density at radius 3 is 2.72 bits per heavy atom. The van der Waals surface area contributed by atoms with E-state index in [1.54, 1.807) is 29.9 Å². The van der Waals surface area contributed by atoms with E-state index in [2.05, 4.69) is 34.2 Å². The van der Waals surface area contributed by atoms with Crippen molar-refractivity contribution >= 4 is 39.6 Å². The summed E-state index contributed by atoms with van der Waals surface area (Å²) in [5, 5.41) is 13.1. The Kier molecular flexibility index (Phi) is 5.50. The van der Waals surface area contributed by atoms with E-state index in [1.165, 1.54) is 11.3 Å². The summed E-state index contributed by atoms with van der Waals surface area (Å²) in [5.41, 5.74) is 3.94. The quantitative estimate of drug-likeness (QED) is 0.377. The fourth-order valence-corrected chi connectivity index (χ4v) is 4.86. The molecule has 0 radical (unpaired) electrons. The molecule has 1 amide bonds. The molecule has 0 unspecified atom stereocenters. The third kappa shape index (κ3) is 3.92. The van der Waals surface area contributed by atoms with Crippen molar-refractivity contribution < 1.29 is 4.79 Å². The Hall–Kier alpha value is -3.43. The van der Waals surface area contributed by atoms with Crippen molar-refractivity contribution in [2.75, 3.05) is 0 Å². The van der Waals surface area contributed by atoms with E-state index in [9.17, 15) is 4.79 Å². The average Bonchev–Trinajstić information content (AvgIpc) is 3.58. The Morgan fingerprint density at radius 1 is 1.12 bits per heavy atom. The van der Waals surface area contributed by atoms with E-state index in [4.69, 9.17) is 4.98 Å². The van der Waals surface area contributed by atoms with E-state index in [0.29, 0.717) is 17.8 Å². The first-order valence-electron chi connectivity index (χ1n) is 10.2. The predicted octanol–water partition coefficient (Wildman–Crippen LogP) is 5.19. The lowest BCUT2D eigenvalue weighted by Gasteiger charge is -2.10. The van der Waals surface area contributed by atoms with Gasteiger partial charge in [0.2, 0.25) is 0 Å². The molecule has 0 aromatic carbocycles. The number of hydrogen-bond donors (Lipinski definition) is 1. The summed E-state index contributed by atoms with van der Waals surface area (Å²) >= 11 is 3.12. The number of rotatable bonds is 6. The number of thiazole rings is 1. The first kappa shape index (κ1) is 20.5. The van der Waals surface area contributed by atoms with E-state index < -0.39 is 0 Å². The number of hydrogen-bond acceptors (Lipinski definition) is 7. The highest BCUT2D eigenvalue weighted by Crippen LogP contribution is 2.29. The van der Waals surface area contributed by atoms with Crippen molar-refractivity contribution in [1.82, 2.24) is 30.0 Å². The van der Waals surface area contributed by atoms with Gasteiger partial charge in [0.1, 0.15) is 5.01 Å². The molecule has 0 spiro atoms. The smallest absolute Gasteiger partial charge is 0.252 e. The van der Waals surface area contributed by atoms with Crippen molar-refractivity contribution in [3.63, 3.8) is 0 Å². The molecule has 0 bridgehead atoms. The molecule has 32 heavy (non-hydrogen) atoms. The van der Waals surface area contributed by atoms with Gasteiger partial charge in [0, 0.05) is 29.4 Å². The molecule has 1 N–H and O–H groups in total. The molecule has 160 valence electrons. The summed E-state index contributed by atoms with van der Waals surface area (Å²) in [6, 6.07) is 9.81. The van der Waals surface area contributed by atoms with Crippen LogP contribution < -0.4 is 5.32 Å². The molecular formula is C23H20N6OS2. The minimum atomic E-state index is -0.167. The van der Waals surface area contributed by atoms with Crippen LogP contribution in [-0.2, 0) is 6.54 Å². The van der Waals surface area contributed by atoms with E-state index in [0.717, 1.165) is 32.2 Å². The molecule has 0 saturated carbocycles. The number of carbonyl (C=O) groups excluding carboxylic acids is 1. The lowest BCUT2D eigenvalue weighted by Crippen LogP contribution is -2.23. The van der Waals surface area contributed by atoms with Crippen LogP contribution in [0.25, 0.3) is 32.9 Å². The second-order valence-electron chi connectivity index (χ2n) is 7.50. The van der Waals surface area contributed by atoms with Crippen LogP contribution in [0.3, 0.4) is 0 Å². The minimum absolute atomic E-state index is 0.136. The van der Waals surface area contributed by atoms with Crippen LogP contribution >= 0.6 is 22.7 Å². The molecule has 5 heterocycles. The Bertz CT molecular complexity index is 1370. The molecule has 0 saturated heterocycles. The van der Waals surface area contributed by atoms with Crippen LogP contribution in [0.2, 0.25) is 0 Å². The summed E-state index contributed by atoms with van der Waals surface area (Å²) in [4.78, 5) is 27.7. The zero-order chi connectivity index (χ0) is 22.1. The molecule has 0 atom stereocenters. The SMILES string of the molecule is CC(C)n1ncc2c(C(=O)NCc3nc(-c4ccncc4)cs3)cc(-c3cccs3)nc21. The summed E-state index contributed by atoms with van der Waals surface area (Å²) in [6.07, 6.45) is 5.21. The number of nitrogens with zero attached hydrogens (tertiary/aromatic N) is 5. The molecule has 5 aromatic rings. The molecule has 7 nitrogen and oxygen atoms in total. The highest BCUT2D eigenvalue weighted by Gasteiger charge is 2.19. The fraction of sp³-hybridized carbons (Fsp3) is 0.174. The van der Waals surface area contributed by atoms with Crippen LogP contribution in [-0.4, -0.2) is 30.6 Å². The van der Waals surface area contributed by atoms with E-state index in [1.807, 2.05) is 45.8 Å². The highest BCUT2D eigenvalue weighted by atomic mass is 32.1. The summed E-state index contributed by atoms with van der Waals surface area (Å²) < 4.78 is 1.85. The maximum absolute atomic E-state index is 13.2. The summed E-state index contributed by atoms with van der Waals surface area (Å²) in [6.45, 7) is 4.45. The van der Waals surface area contributed by atoms with Gasteiger partial charge in [-0.15, -0.1) is 22.7 Å². The first-order chi connectivity index (χ1) is 15.6. The topological polar surface area (TPSA) is 85.6 Å². The summed E-state index contributed by atoms with van der Waals surface area (Å²) in [7, 11) is 0. The van der Waals surface area contributed by atoms with Crippen molar-refractivity contribution in [1.29, 1.82) is 0 Å². The normalized spacial score (nSPS) is 11.3. The van der Waals surface area contributed by atoms with Crippen LogP contribution in [0, 0.1) is 0 Å². The summed E-state index contributed by atoms with van der Waals surface area (Å²) in [5.74, 6) is -0.167. The molecule has 0 aliphatic rings. The zero-order valence-electron chi connectivity index (χ0n) is 17.5. The van der Waals surface area contributed by atoms with Crippen molar-refractivity contribution in [2.24, 2.45) is 0 Å². The van der Waals surface area contributed by atoms with Crippen LogP contribution in [0.1, 0.15) is 35.3 Å². The van der Waals surface area contributed by atoms with E-state index in [-0.39, 0.29) is 11.9 Å². The lowest BCUT2D eigenvalue weighted by atomic mass is 10.1. The van der Waals surface area contributed by atoms with Crippen molar-refractivity contribution in [2.45, 2.75) is 26.4 Å². The van der Waals surface area contributed by atoms with Crippen LogP contribution in [0.4, 0.5) is 0 Å². The van der Waals surface area contributed by atoms with Crippen molar-refractivity contribution in [3.8, 4) is 21.8 Å². The number of thiophene rings is 1. The average molecular weight is 461 g/mol. The van der Waals surface area contributed by atoms with Gasteiger partial charge in [0.15, 0.2) is 5.65 Å². The van der Waals surface area contributed by atoms with Gasteiger partial charge in [-0.05, 0) is 43.5 Å². The first-order valence-corrected chi connectivity index (χ1v) is 11.9. The fourth-order valence-electron chi connectivity index (χ4n) is 3.43. The standard InChI is InChI=1S/C23H20N6OS2/c1-14(2)29-22-17(11-26-29)16(10-18(28-22)20-4-3-9-31-20)23(30)25-12-21-27-19(13-32-21)15-5-7-24-8-6-15/h3-11,13-14H,12H2,1-2H3,(H,25,30). The van der Waals surface area contributed by atoms with Gasteiger partial charge in [-0.2, -0.15) is 5.10 Å². The maximum atomic E-state index is 13.2. The van der Waals surface area contributed by atoms with Gasteiger partial charge >= 0.3 is 0 Å². The zero-order valence-corrected chi connectivity index (χ0v) is 19.2. The van der Waals surface area contributed by atoms with Gasteiger partial charge in [-0.25, -0.2) is 14.6 Å². The van der Waals surface area contributed by atoms with Gasteiger partial charge in [0.05, 0.1) is 40.0 Å². The second kappa shape index (κ2) is 8.60. The van der Waals surface area contributed by atoms with Gasteiger partial charge in [-0.3, -0.25) is 9.78 Å². The number of carbonyl (C=O) groups is 1. The largest absolute Gasteiger partial charge is 0.346 e. The Labute approximate surface area is 192 Å². The molecule has 0 aliphatic heterocycles. The molecule has 5 aromatic heterocycles. The molecule has 0 fully saturated rings. The number of pyridine rings is 2. The maximum Gasteiger partial charge on any atom is 0.252 e. The second-order valence-corrected chi connectivity index (χ2v) is 9.39. The van der Waals surface area contributed by atoms with Gasteiger partial charge in [-0.1, -0.05) is 6.07 Å². The van der Waals surface area contributed by atoms with Gasteiger partial charge < -0.3 is 5.32 Å². The predicted molar refractivity (Wildman–Crippen MR) is 128 cm³/mol. The van der Waals surface area contributed by atoms with Crippen LogP contribution in [0.15, 0.2) is 59.7 Å². The highest BCUT2D eigenvalue weighted by molar-refractivity contribution is 7.13. The number of nitrogens with one attached hydrogen (secondary N) is 1. The molecular weight excluding hydrogens is 440 g/mol. The lowest BCUT2D eigenvalue weighted by molar-refractivity contribution is 0.0952. The van der Waals surface area contributed by atoms with E-state index >= 15 is 0 Å². The third-order valence-electron chi connectivity index (χ3n) is 5.00.